The molecule has 3 aromatic rings. The van der Waals surface area contributed by atoms with Crippen LogP contribution in [-0.4, -0.2) is 31.5 Å². The molecule has 0 radical (unpaired) electrons. The minimum absolute atomic E-state index is 0.0370. The lowest BCUT2D eigenvalue weighted by Crippen LogP contribution is -2.14. The Morgan fingerprint density at radius 1 is 1.03 bits per heavy atom. The molecule has 0 saturated carbocycles. The molecule has 154 valence electrons. The number of hydrogen-bond donors (Lipinski definition) is 2. The molecule has 11 heteroatoms. The normalized spacial score (nSPS) is 11.2. The highest BCUT2D eigenvalue weighted by molar-refractivity contribution is 5.62. The van der Waals surface area contributed by atoms with Crippen molar-refractivity contribution in [2.75, 3.05) is 17.2 Å². The molecule has 8 nitrogen and oxygen atoms in total. The third-order valence-electron chi connectivity index (χ3n) is 3.73. The van der Waals surface area contributed by atoms with E-state index in [1.807, 2.05) is 19.9 Å². The monoisotopic (exact) mass is 414 g/mol. The lowest BCUT2D eigenvalue weighted by Gasteiger charge is -2.12. The predicted molar refractivity (Wildman–Crippen MR) is 104 cm³/mol. The van der Waals surface area contributed by atoms with Crippen molar-refractivity contribution in [1.29, 1.82) is 5.26 Å². The van der Waals surface area contributed by atoms with E-state index in [4.69, 9.17) is 0 Å². The highest BCUT2D eigenvalue weighted by Crippen LogP contribution is 2.29. The second-order valence-electron chi connectivity index (χ2n) is 6.62. The van der Waals surface area contributed by atoms with E-state index in [0.717, 1.165) is 6.07 Å². The number of nitrogens with one attached hydrogen (secondary N) is 2. The van der Waals surface area contributed by atoms with Crippen LogP contribution in [0.2, 0.25) is 0 Å². The van der Waals surface area contributed by atoms with Gasteiger partial charge in [-0.1, -0.05) is 19.9 Å². The molecule has 0 fully saturated rings. The van der Waals surface area contributed by atoms with Gasteiger partial charge in [0.1, 0.15) is 17.5 Å². The molecule has 0 spiro atoms. The van der Waals surface area contributed by atoms with Gasteiger partial charge in [0.05, 0.1) is 5.69 Å². The summed E-state index contributed by atoms with van der Waals surface area (Å²) in [7, 11) is 0. The summed E-state index contributed by atoms with van der Waals surface area (Å²) in [6.07, 6.45) is -3.13. The maximum Gasteiger partial charge on any atom is 0.433 e. The van der Waals surface area contributed by atoms with Crippen molar-refractivity contribution in [2.24, 2.45) is 5.92 Å². The van der Waals surface area contributed by atoms with Gasteiger partial charge in [0, 0.05) is 12.7 Å². The second kappa shape index (κ2) is 8.69. The molecule has 3 aromatic heterocycles. The van der Waals surface area contributed by atoms with Gasteiger partial charge < -0.3 is 10.6 Å². The maximum absolute atomic E-state index is 13.0. The first kappa shape index (κ1) is 20.9. The van der Waals surface area contributed by atoms with Gasteiger partial charge in [-0.15, -0.1) is 0 Å². The quantitative estimate of drug-likeness (QED) is 0.622. The maximum atomic E-state index is 13.0. The third-order valence-corrected chi connectivity index (χ3v) is 3.73. The van der Waals surface area contributed by atoms with Crippen LogP contribution in [0.1, 0.15) is 25.2 Å². The van der Waals surface area contributed by atoms with Crippen molar-refractivity contribution in [3.63, 3.8) is 0 Å². The average molecular weight is 414 g/mol. The molecule has 0 bridgehead atoms. The van der Waals surface area contributed by atoms with Gasteiger partial charge in [0.25, 0.3) is 0 Å². The van der Waals surface area contributed by atoms with Crippen molar-refractivity contribution in [2.45, 2.75) is 20.0 Å². The smallest absolute Gasteiger partial charge is 0.354 e. The highest BCUT2D eigenvalue weighted by atomic mass is 19.4. The Kier molecular flexibility index (Phi) is 6.06. The van der Waals surface area contributed by atoms with Crippen LogP contribution < -0.4 is 10.6 Å². The molecule has 0 saturated heterocycles. The van der Waals surface area contributed by atoms with Crippen molar-refractivity contribution < 1.29 is 13.2 Å². The number of nitriles is 1. The molecule has 30 heavy (non-hydrogen) atoms. The summed E-state index contributed by atoms with van der Waals surface area (Å²) in [6.45, 7) is 4.50. The van der Waals surface area contributed by atoms with Crippen LogP contribution in [0.3, 0.4) is 0 Å². The number of hydrogen-bond acceptors (Lipinski definition) is 8. The molecular weight excluding hydrogens is 397 g/mol. The van der Waals surface area contributed by atoms with Crippen molar-refractivity contribution in [3.8, 4) is 17.6 Å². The molecule has 3 rings (SSSR count). The van der Waals surface area contributed by atoms with E-state index in [2.05, 4.69) is 35.6 Å². The summed E-state index contributed by atoms with van der Waals surface area (Å²) < 4.78 is 39.1. The second-order valence-corrected chi connectivity index (χ2v) is 6.62. The van der Waals surface area contributed by atoms with Gasteiger partial charge in [-0.25, -0.2) is 9.97 Å². The van der Waals surface area contributed by atoms with E-state index in [9.17, 15) is 18.4 Å². The topological polar surface area (TPSA) is 112 Å². The molecule has 2 N–H and O–H groups in total. The van der Waals surface area contributed by atoms with Crippen LogP contribution >= 0.6 is 0 Å². The average Bonchev–Trinajstić information content (AvgIpc) is 2.72. The fourth-order valence-electron chi connectivity index (χ4n) is 2.35. The van der Waals surface area contributed by atoms with Crippen LogP contribution in [-0.2, 0) is 6.18 Å². The summed E-state index contributed by atoms with van der Waals surface area (Å²) in [5.41, 5.74) is -0.641. The first-order valence-corrected chi connectivity index (χ1v) is 8.93. The minimum Gasteiger partial charge on any atom is -0.354 e. The Bertz CT molecular complexity index is 1080. The number of aromatic nitrogens is 5. The predicted octanol–water partition coefficient (Wildman–Crippen LogP) is 4.03. The number of rotatable bonds is 6. The van der Waals surface area contributed by atoms with Crippen LogP contribution in [0.4, 0.5) is 30.8 Å². The molecule has 0 unspecified atom stereocenters. The van der Waals surface area contributed by atoms with Crippen molar-refractivity contribution in [3.05, 3.63) is 47.9 Å². The molecule has 3 heterocycles. The van der Waals surface area contributed by atoms with E-state index in [-0.39, 0.29) is 35.0 Å². The number of pyridine rings is 2. The van der Waals surface area contributed by atoms with Crippen molar-refractivity contribution >= 4 is 17.6 Å². The van der Waals surface area contributed by atoms with Gasteiger partial charge in [-0.3, -0.25) is 0 Å². The molecule has 0 aliphatic heterocycles. The molecule has 0 aliphatic rings. The number of halogens is 3. The highest BCUT2D eigenvalue weighted by Gasteiger charge is 2.32. The SMILES string of the molecule is CC(C)CNc1nc(Nc2cccnc2C#N)nc(-c2cccc(C(F)(F)F)n2)n1. The molecule has 0 amide bonds. The van der Waals surface area contributed by atoms with E-state index in [0.29, 0.717) is 12.2 Å². The Morgan fingerprint density at radius 2 is 1.80 bits per heavy atom. The summed E-state index contributed by atoms with van der Waals surface area (Å²) in [5, 5.41) is 15.1. The van der Waals surface area contributed by atoms with E-state index >= 15 is 0 Å². The minimum atomic E-state index is -4.60. The first-order valence-electron chi connectivity index (χ1n) is 8.93. The zero-order valence-corrected chi connectivity index (χ0v) is 16.1. The zero-order chi connectivity index (χ0) is 21.7. The zero-order valence-electron chi connectivity index (χ0n) is 16.1. The van der Waals surface area contributed by atoms with E-state index in [1.165, 1.54) is 18.3 Å². The Labute approximate surface area is 170 Å². The van der Waals surface area contributed by atoms with Crippen LogP contribution in [0.5, 0.6) is 0 Å². The summed E-state index contributed by atoms with van der Waals surface area (Å²) >= 11 is 0. The fraction of sp³-hybridized carbons (Fsp3) is 0.263. The lowest BCUT2D eigenvalue weighted by atomic mass is 10.2. The first-order chi connectivity index (χ1) is 14.3. The van der Waals surface area contributed by atoms with E-state index in [1.54, 1.807) is 12.1 Å². The summed E-state index contributed by atoms with van der Waals surface area (Å²) in [5.74, 6) is 0.428. The van der Waals surface area contributed by atoms with Crippen LogP contribution in [0.15, 0.2) is 36.5 Å². The molecule has 0 atom stereocenters. The van der Waals surface area contributed by atoms with Crippen molar-refractivity contribution in [1.82, 2.24) is 24.9 Å². The molecule has 0 aromatic carbocycles. The Balaban J connectivity index is 2.04. The lowest BCUT2D eigenvalue weighted by molar-refractivity contribution is -0.141. The third kappa shape index (κ3) is 5.16. The van der Waals surface area contributed by atoms with Gasteiger partial charge in [0.15, 0.2) is 11.5 Å². The van der Waals surface area contributed by atoms with Gasteiger partial charge in [-0.2, -0.15) is 33.4 Å². The van der Waals surface area contributed by atoms with Gasteiger partial charge in [0.2, 0.25) is 11.9 Å². The van der Waals surface area contributed by atoms with Crippen LogP contribution in [0, 0.1) is 17.2 Å². The largest absolute Gasteiger partial charge is 0.433 e. The van der Waals surface area contributed by atoms with Crippen LogP contribution in [0.25, 0.3) is 11.5 Å². The molecular formula is C19H17F3N8. The summed E-state index contributed by atoms with van der Waals surface area (Å²) in [4.78, 5) is 20.2. The van der Waals surface area contributed by atoms with Gasteiger partial charge in [-0.05, 0) is 30.2 Å². The van der Waals surface area contributed by atoms with Gasteiger partial charge >= 0.3 is 6.18 Å². The molecule has 0 aliphatic carbocycles. The standard InChI is InChI=1S/C19H17F3N8/c1-11(2)10-25-17-28-16(13-5-3-7-15(26-13)19(20,21)22)29-18(30-17)27-12-6-4-8-24-14(12)9-23/h3-8,11H,10H2,1-2H3,(H2,25,27,28,29,30). The summed E-state index contributed by atoms with van der Waals surface area (Å²) in [6, 6.07) is 8.66. The van der Waals surface area contributed by atoms with E-state index < -0.39 is 11.9 Å². The Morgan fingerprint density at radius 3 is 2.50 bits per heavy atom. The Hall–Kier alpha value is -3.81. The number of anilines is 3. The fourth-order valence-corrected chi connectivity index (χ4v) is 2.35. The number of alkyl halides is 3. The number of nitrogens with zero attached hydrogens (tertiary/aromatic N) is 6.